The van der Waals surface area contributed by atoms with E-state index in [1.807, 2.05) is 25.1 Å². The Balaban J connectivity index is 2.43. The molecule has 1 aromatic rings. The maximum Gasteiger partial charge on any atom is 0.0746 e. The Morgan fingerprint density at radius 1 is 1.44 bits per heavy atom. The van der Waals surface area contributed by atoms with Crippen molar-refractivity contribution in [3.8, 4) is 0 Å². The Labute approximate surface area is 123 Å². The average molecular weight is 335 g/mol. The van der Waals surface area contributed by atoms with Gasteiger partial charge in [0, 0.05) is 17.6 Å². The summed E-state index contributed by atoms with van der Waals surface area (Å²) in [5.41, 5.74) is 0.455. The number of halogens is 2. The van der Waals surface area contributed by atoms with E-state index in [0.29, 0.717) is 24.0 Å². The number of hydrogen-bond acceptors (Lipinski definition) is 2. The Morgan fingerprint density at radius 3 is 2.67 bits per heavy atom. The zero-order valence-electron chi connectivity index (χ0n) is 11.1. The third-order valence-corrected chi connectivity index (χ3v) is 3.90. The van der Waals surface area contributed by atoms with Gasteiger partial charge in [-0.25, -0.2) is 0 Å². The fourth-order valence-corrected chi connectivity index (χ4v) is 2.53. The van der Waals surface area contributed by atoms with Crippen LogP contribution < -0.4 is 5.32 Å². The van der Waals surface area contributed by atoms with Gasteiger partial charge in [-0.05, 0) is 52.9 Å². The lowest BCUT2D eigenvalue weighted by molar-refractivity contribution is 0.0383. The van der Waals surface area contributed by atoms with E-state index >= 15 is 0 Å². The van der Waals surface area contributed by atoms with Gasteiger partial charge in [0.2, 0.25) is 0 Å². The minimum Gasteiger partial charge on any atom is -0.389 e. The SMILES string of the molecule is CC(C)CC(C)(O)CNCc1ccc(Br)c(Cl)c1. The second-order valence-electron chi connectivity index (χ2n) is 5.45. The summed E-state index contributed by atoms with van der Waals surface area (Å²) in [4.78, 5) is 0. The van der Waals surface area contributed by atoms with Gasteiger partial charge in [0.15, 0.2) is 0 Å². The van der Waals surface area contributed by atoms with Crippen molar-refractivity contribution < 1.29 is 5.11 Å². The molecular formula is C14H21BrClNO. The summed E-state index contributed by atoms with van der Waals surface area (Å²) in [5, 5.41) is 14.1. The minimum atomic E-state index is -0.659. The monoisotopic (exact) mass is 333 g/mol. The van der Waals surface area contributed by atoms with E-state index < -0.39 is 5.60 Å². The Morgan fingerprint density at radius 2 is 2.11 bits per heavy atom. The quantitative estimate of drug-likeness (QED) is 0.824. The molecule has 0 saturated heterocycles. The van der Waals surface area contributed by atoms with E-state index in [2.05, 4.69) is 35.1 Å². The molecule has 1 unspecified atom stereocenters. The van der Waals surface area contributed by atoms with Gasteiger partial charge in [-0.1, -0.05) is 31.5 Å². The molecule has 0 amide bonds. The molecule has 2 nitrogen and oxygen atoms in total. The van der Waals surface area contributed by atoms with Crippen molar-refractivity contribution in [2.45, 2.75) is 39.3 Å². The lowest BCUT2D eigenvalue weighted by Crippen LogP contribution is -2.38. The molecule has 1 aromatic carbocycles. The van der Waals surface area contributed by atoms with Crippen molar-refractivity contribution in [1.29, 1.82) is 0 Å². The van der Waals surface area contributed by atoms with Gasteiger partial charge in [-0.2, -0.15) is 0 Å². The van der Waals surface area contributed by atoms with Crippen LogP contribution in [-0.2, 0) is 6.54 Å². The molecule has 0 aliphatic carbocycles. The Kier molecular flexibility index (Phi) is 6.12. The second kappa shape index (κ2) is 6.90. The van der Waals surface area contributed by atoms with Gasteiger partial charge < -0.3 is 10.4 Å². The van der Waals surface area contributed by atoms with E-state index in [1.165, 1.54) is 0 Å². The lowest BCUT2D eigenvalue weighted by atomic mass is 9.94. The maximum atomic E-state index is 10.2. The summed E-state index contributed by atoms with van der Waals surface area (Å²) in [6, 6.07) is 5.88. The Hall–Kier alpha value is -0.0900. The fraction of sp³-hybridized carbons (Fsp3) is 0.571. The minimum absolute atomic E-state index is 0.490. The van der Waals surface area contributed by atoms with Crippen molar-refractivity contribution in [2.24, 2.45) is 5.92 Å². The molecule has 1 atom stereocenters. The summed E-state index contributed by atoms with van der Waals surface area (Å²) in [6.07, 6.45) is 0.793. The molecule has 4 heteroatoms. The van der Waals surface area contributed by atoms with Crippen LogP contribution in [0.5, 0.6) is 0 Å². The first kappa shape index (κ1) is 16.0. The molecule has 0 radical (unpaired) electrons. The molecule has 0 saturated carbocycles. The predicted octanol–water partition coefficient (Wildman–Crippen LogP) is 3.99. The zero-order chi connectivity index (χ0) is 13.8. The van der Waals surface area contributed by atoms with E-state index in [0.717, 1.165) is 16.5 Å². The first-order valence-corrected chi connectivity index (χ1v) is 7.34. The number of benzene rings is 1. The van der Waals surface area contributed by atoms with Crippen molar-refractivity contribution in [2.75, 3.05) is 6.54 Å². The first-order chi connectivity index (χ1) is 8.30. The van der Waals surface area contributed by atoms with Gasteiger partial charge in [-0.15, -0.1) is 0 Å². The standard InChI is InChI=1S/C14H21BrClNO/c1-10(2)7-14(3,18)9-17-8-11-4-5-12(15)13(16)6-11/h4-6,10,17-18H,7-9H2,1-3H3. The summed E-state index contributed by atoms with van der Waals surface area (Å²) < 4.78 is 0.903. The van der Waals surface area contributed by atoms with Gasteiger partial charge in [-0.3, -0.25) is 0 Å². The molecular weight excluding hydrogens is 314 g/mol. The zero-order valence-corrected chi connectivity index (χ0v) is 13.5. The molecule has 0 bridgehead atoms. The average Bonchev–Trinajstić information content (AvgIpc) is 2.21. The molecule has 18 heavy (non-hydrogen) atoms. The van der Waals surface area contributed by atoms with Crippen molar-refractivity contribution >= 4 is 27.5 Å². The summed E-state index contributed by atoms with van der Waals surface area (Å²) in [6.45, 7) is 7.39. The third kappa shape index (κ3) is 5.70. The second-order valence-corrected chi connectivity index (χ2v) is 6.71. The molecule has 0 spiro atoms. The van der Waals surface area contributed by atoms with Crippen LogP contribution in [0.4, 0.5) is 0 Å². The topological polar surface area (TPSA) is 32.3 Å². The first-order valence-electron chi connectivity index (χ1n) is 6.17. The number of rotatable bonds is 6. The highest BCUT2D eigenvalue weighted by Gasteiger charge is 2.20. The molecule has 0 aliphatic heterocycles. The van der Waals surface area contributed by atoms with Crippen molar-refractivity contribution in [3.63, 3.8) is 0 Å². The normalized spacial score (nSPS) is 14.8. The molecule has 0 fully saturated rings. The third-order valence-electron chi connectivity index (χ3n) is 2.67. The van der Waals surface area contributed by atoms with E-state index in [4.69, 9.17) is 11.6 Å². The predicted molar refractivity (Wildman–Crippen MR) is 80.9 cm³/mol. The van der Waals surface area contributed by atoms with E-state index in [9.17, 15) is 5.11 Å². The van der Waals surface area contributed by atoms with Gasteiger partial charge >= 0.3 is 0 Å². The van der Waals surface area contributed by atoms with Crippen LogP contribution in [-0.4, -0.2) is 17.3 Å². The highest BCUT2D eigenvalue weighted by atomic mass is 79.9. The molecule has 0 heterocycles. The number of nitrogens with one attached hydrogen (secondary N) is 1. The van der Waals surface area contributed by atoms with Gasteiger partial charge in [0.1, 0.15) is 0 Å². The Bertz CT molecular complexity index is 393. The largest absolute Gasteiger partial charge is 0.389 e. The molecule has 2 N–H and O–H groups in total. The highest BCUT2D eigenvalue weighted by Crippen LogP contribution is 2.23. The van der Waals surface area contributed by atoms with Crippen LogP contribution in [0, 0.1) is 5.92 Å². The van der Waals surface area contributed by atoms with Crippen LogP contribution in [0.3, 0.4) is 0 Å². The van der Waals surface area contributed by atoms with Gasteiger partial charge in [0.25, 0.3) is 0 Å². The highest BCUT2D eigenvalue weighted by molar-refractivity contribution is 9.10. The van der Waals surface area contributed by atoms with E-state index in [-0.39, 0.29) is 0 Å². The summed E-state index contributed by atoms with van der Waals surface area (Å²) in [5.74, 6) is 0.490. The summed E-state index contributed by atoms with van der Waals surface area (Å²) >= 11 is 9.39. The number of aliphatic hydroxyl groups is 1. The van der Waals surface area contributed by atoms with Crippen molar-refractivity contribution in [1.82, 2.24) is 5.32 Å². The lowest BCUT2D eigenvalue weighted by Gasteiger charge is -2.25. The maximum absolute atomic E-state index is 10.2. The van der Waals surface area contributed by atoms with Crippen molar-refractivity contribution in [3.05, 3.63) is 33.3 Å². The van der Waals surface area contributed by atoms with Crippen LogP contribution in [0.15, 0.2) is 22.7 Å². The van der Waals surface area contributed by atoms with Crippen LogP contribution in [0.2, 0.25) is 5.02 Å². The van der Waals surface area contributed by atoms with E-state index in [1.54, 1.807) is 0 Å². The fourth-order valence-electron chi connectivity index (χ4n) is 2.08. The van der Waals surface area contributed by atoms with Gasteiger partial charge in [0.05, 0.1) is 10.6 Å². The molecule has 0 aromatic heterocycles. The van der Waals surface area contributed by atoms with Crippen LogP contribution >= 0.6 is 27.5 Å². The number of hydrogen-bond donors (Lipinski definition) is 2. The molecule has 0 aliphatic rings. The van der Waals surface area contributed by atoms with Crippen LogP contribution in [0.1, 0.15) is 32.8 Å². The molecule has 1 rings (SSSR count). The molecule has 102 valence electrons. The summed E-state index contributed by atoms with van der Waals surface area (Å²) in [7, 11) is 0. The smallest absolute Gasteiger partial charge is 0.0746 e. The van der Waals surface area contributed by atoms with Crippen LogP contribution in [0.25, 0.3) is 0 Å².